The van der Waals surface area contributed by atoms with Crippen molar-refractivity contribution in [1.29, 1.82) is 0 Å². The number of hydrogen-bond donors (Lipinski definition) is 2. The maximum Gasteiger partial charge on any atom is 0.335 e. The Morgan fingerprint density at radius 3 is 2.73 bits per heavy atom. The Morgan fingerprint density at radius 2 is 2.14 bits per heavy atom. The highest BCUT2D eigenvalue weighted by Crippen LogP contribution is 2.23. The first kappa shape index (κ1) is 16.2. The van der Waals surface area contributed by atoms with Crippen molar-refractivity contribution in [2.45, 2.75) is 19.4 Å². The average Bonchev–Trinajstić information content (AvgIpc) is 3.00. The first-order chi connectivity index (χ1) is 10.5. The number of ether oxygens (including phenoxy) is 1. The Balaban J connectivity index is 2.20. The molecule has 5 nitrogen and oxygen atoms in total. The van der Waals surface area contributed by atoms with Crippen LogP contribution < -0.4 is 5.32 Å². The molecule has 0 aliphatic carbocycles. The van der Waals surface area contributed by atoms with Gasteiger partial charge in [-0.2, -0.15) is 0 Å². The van der Waals surface area contributed by atoms with Crippen molar-refractivity contribution >= 4 is 28.9 Å². The van der Waals surface area contributed by atoms with E-state index in [2.05, 4.69) is 5.32 Å². The lowest BCUT2D eigenvalue weighted by atomic mass is 10.1. The molecule has 1 heterocycles. The smallest absolute Gasteiger partial charge is 0.335 e. The van der Waals surface area contributed by atoms with Crippen molar-refractivity contribution in [2.24, 2.45) is 0 Å². The summed E-state index contributed by atoms with van der Waals surface area (Å²) < 4.78 is 5.02. The molecule has 1 amide bonds. The van der Waals surface area contributed by atoms with Crippen LogP contribution in [0.4, 0.5) is 5.69 Å². The molecule has 0 saturated heterocycles. The van der Waals surface area contributed by atoms with E-state index >= 15 is 0 Å². The molecule has 0 radical (unpaired) electrons. The van der Waals surface area contributed by atoms with E-state index in [1.807, 2.05) is 24.4 Å². The lowest BCUT2D eigenvalue weighted by molar-refractivity contribution is -0.117. The van der Waals surface area contributed by atoms with Crippen molar-refractivity contribution in [3.05, 3.63) is 51.7 Å². The van der Waals surface area contributed by atoms with E-state index in [0.717, 1.165) is 4.88 Å². The number of hydrogen-bond acceptors (Lipinski definition) is 4. The summed E-state index contributed by atoms with van der Waals surface area (Å²) in [6, 6.07) is 8.49. The predicted octanol–water partition coefficient (Wildman–Crippen LogP) is 3.33. The highest BCUT2D eigenvalue weighted by molar-refractivity contribution is 7.10. The first-order valence-corrected chi connectivity index (χ1v) is 7.59. The molecule has 1 unspecified atom stereocenters. The number of carbonyl (C=O) groups excluding carboxylic acids is 1. The molecule has 0 aliphatic rings. The maximum atomic E-state index is 12.3. The second-order valence-corrected chi connectivity index (χ2v) is 5.86. The Morgan fingerprint density at radius 1 is 1.36 bits per heavy atom. The van der Waals surface area contributed by atoms with Gasteiger partial charge < -0.3 is 15.2 Å². The summed E-state index contributed by atoms with van der Waals surface area (Å²) in [6.07, 6.45) is 0. The third-order valence-electron chi connectivity index (χ3n) is 3.18. The number of nitrogens with one attached hydrogen (secondary N) is 1. The highest BCUT2D eigenvalue weighted by Gasteiger charge is 2.17. The van der Waals surface area contributed by atoms with E-state index < -0.39 is 5.97 Å². The number of anilines is 1. The SMILES string of the molecule is COCc1cc(NC(=O)C(C)c2cccs2)cc(C(=O)O)c1. The van der Waals surface area contributed by atoms with Gasteiger partial charge in [0.15, 0.2) is 0 Å². The van der Waals surface area contributed by atoms with E-state index in [1.54, 1.807) is 6.07 Å². The average molecular weight is 319 g/mol. The van der Waals surface area contributed by atoms with E-state index in [4.69, 9.17) is 9.84 Å². The van der Waals surface area contributed by atoms with Crippen molar-refractivity contribution in [3.63, 3.8) is 0 Å². The van der Waals surface area contributed by atoms with Crippen LogP contribution in [0.1, 0.15) is 33.6 Å². The minimum Gasteiger partial charge on any atom is -0.478 e. The Bertz CT molecular complexity index is 667. The fourth-order valence-corrected chi connectivity index (χ4v) is 2.84. The van der Waals surface area contributed by atoms with Gasteiger partial charge in [0.05, 0.1) is 18.1 Å². The summed E-state index contributed by atoms with van der Waals surface area (Å²) in [7, 11) is 1.53. The van der Waals surface area contributed by atoms with Gasteiger partial charge >= 0.3 is 5.97 Å². The monoisotopic (exact) mass is 319 g/mol. The topological polar surface area (TPSA) is 75.6 Å². The lowest BCUT2D eigenvalue weighted by Gasteiger charge is -2.12. The summed E-state index contributed by atoms with van der Waals surface area (Å²) >= 11 is 1.51. The standard InChI is InChI=1S/C16H17NO4S/c1-10(14-4-3-5-22-14)15(18)17-13-7-11(9-21-2)6-12(8-13)16(19)20/h3-8,10H,9H2,1-2H3,(H,17,18)(H,19,20). The van der Waals surface area contributed by atoms with Gasteiger partial charge in [-0.1, -0.05) is 6.07 Å². The Labute approximate surface area is 132 Å². The second kappa shape index (κ2) is 7.20. The minimum absolute atomic E-state index is 0.119. The van der Waals surface area contributed by atoms with Crippen LogP contribution in [0.15, 0.2) is 35.7 Å². The van der Waals surface area contributed by atoms with Crippen LogP contribution in [-0.2, 0) is 16.1 Å². The summed E-state index contributed by atoms with van der Waals surface area (Å²) in [5.74, 6) is -1.51. The van der Waals surface area contributed by atoms with Crippen molar-refractivity contribution in [1.82, 2.24) is 0 Å². The molecular weight excluding hydrogens is 302 g/mol. The number of rotatable bonds is 6. The van der Waals surface area contributed by atoms with Gasteiger partial charge in [0.25, 0.3) is 0 Å². The molecular formula is C16H17NO4S. The van der Waals surface area contributed by atoms with Gasteiger partial charge in [0, 0.05) is 17.7 Å². The summed E-state index contributed by atoms with van der Waals surface area (Å²) in [5, 5.41) is 13.8. The van der Waals surface area contributed by atoms with Gasteiger partial charge in [-0.15, -0.1) is 11.3 Å². The van der Waals surface area contributed by atoms with Crippen LogP contribution in [0.25, 0.3) is 0 Å². The third-order valence-corrected chi connectivity index (χ3v) is 4.24. The molecule has 1 atom stereocenters. The van der Waals surface area contributed by atoms with Crippen LogP contribution in [0.2, 0.25) is 0 Å². The highest BCUT2D eigenvalue weighted by atomic mass is 32.1. The van der Waals surface area contributed by atoms with Crippen LogP contribution in [0.3, 0.4) is 0 Å². The largest absolute Gasteiger partial charge is 0.478 e. The normalized spacial score (nSPS) is 11.9. The van der Waals surface area contributed by atoms with Crippen molar-refractivity contribution in [2.75, 3.05) is 12.4 Å². The molecule has 2 rings (SSSR count). The second-order valence-electron chi connectivity index (χ2n) is 4.88. The molecule has 1 aromatic heterocycles. The van der Waals surface area contributed by atoms with Gasteiger partial charge in [0.2, 0.25) is 5.91 Å². The number of amides is 1. The predicted molar refractivity (Wildman–Crippen MR) is 85.5 cm³/mol. The first-order valence-electron chi connectivity index (χ1n) is 6.71. The molecule has 0 aliphatic heterocycles. The van der Waals surface area contributed by atoms with E-state index in [0.29, 0.717) is 11.3 Å². The zero-order valence-corrected chi connectivity index (χ0v) is 13.1. The zero-order valence-electron chi connectivity index (χ0n) is 12.3. The molecule has 6 heteroatoms. The summed E-state index contributed by atoms with van der Waals surface area (Å²) in [6.45, 7) is 2.10. The number of aromatic carboxylic acids is 1. The van der Waals surface area contributed by atoms with Gasteiger partial charge in [0.1, 0.15) is 0 Å². The van der Waals surface area contributed by atoms with E-state index in [-0.39, 0.29) is 24.0 Å². The number of carboxylic acids is 1. The van der Waals surface area contributed by atoms with Gasteiger partial charge in [-0.3, -0.25) is 4.79 Å². The van der Waals surface area contributed by atoms with Crippen LogP contribution in [-0.4, -0.2) is 24.1 Å². The lowest BCUT2D eigenvalue weighted by Crippen LogP contribution is -2.18. The Hall–Kier alpha value is -2.18. The molecule has 2 aromatic rings. The van der Waals surface area contributed by atoms with Crippen LogP contribution >= 0.6 is 11.3 Å². The molecule has 0 spiro atoms. The molecule has 2 N–H and O–H groups in total. The molecule has 0 bridgehead atoms. The number of carboxylic acid groups (broad SMARTS) is 1. The van der Waals surface area contributed by atoms with Gasteiger partial charge in [-0.25, -0.2) is 4.79 Å². The fraction of sp³-hybridized carbons (Fsp3) is 0.250. The molecule has 0 saturated carbocycles. The van der Waals surface area contributed by atoms with Crippen molar-refractivity contribution < 1.29 is 19.4 Å². The number of methoxy groups -OCH3 is 1. The minimum atomic E-state index is -1.04. The number of carbonyl (C=O) groups is 2. The van der Waals surface area contributed by atoms with Crippen LogP contribution in [0.5, 0.6) is 0 Å². The molecule has 0 fully saturated rings. The van der Waals surface area contributed by atoms with Gasteiger partial charge in [-0.05, 0) is 42.1 Å². The maximum absolute atomic E-state index is 12.3. The molecule has 1 aromatic carbocycles. The number of benzene rings is 1. The van der Waals surface area contributed by atoms with Crippen LogP contribution in [0, 0.1) is 0 Å². The quantitative estimate of drug-likeness (QED) is 0.856. The van der Waals surface area contributed by atoms with E-state index in [9.17, 15) is 9.59 Å². The fourth-order valence-electron chi connectivity index (χ4n) is 2.06. The Kier molecular flexibility index (Phi) is 5.30. The molecule has 22 heavy (non-hydrogen) atoms. The summed E-state index contributed by atoms with van der Waals surface area (Å²) in [5.41, 5.74) is 1.27. The van der Waals surface area contributed by atoms with E-state index in [1.165, 1.54) is 30.6 Å². The summed E-state index contributed by atoms with van der Waals surface area (Å²) in [4.78, 5) is 24.4. The number of thiophene rings is 1. The molecule has 116 valence electrons. The zero-order chi connectivity index (χ0) is 16.1. The third kappa shape index (κ3) is 3.93. The van der Waals surface area contributed by atoms with Crippen molar-refractivity contribution in [3.8, 4) is 0 Å².